The Kier molecular flexibility index (Phi) is 57.4. The molecule has 0 saturated heterocycles. The molecular weight excluding hydrogens is 901 g/mol. The summed E-state index contributed by atoms with van der Waals surface area (Å²) in [7, 11) is 0. The molecule has 0 rings (SSSR count). The van der Waals surface area contributed by atoms with Crippen LogP contribution in [0.5, 0.6) is 0 Å². The third-order valence-corrected chi connectivity index (χ3v) is 12.7. The topological polar surface area (TPSA) is 78.9 Å². The lowest BCUT2D eigenvalue weighted by Crippen LogP contribution is -2.30. The molecule has 0 amide bonds. The molecule has 0 heterocycles. The molecule has 416 valence electrons. The van der Waals surface area contributed by atoms with Crippen LogP contribution in [-0.4, -0.2) is 37.2 Å². The van der Waals surface area contributed by atoms with Gasteiger partial charge in [0.25, 0.3) is 0 Å². The Hall–Kier alpha value is -3.93. The lowest BCUT2D eigenvalue weighted by Gasteiger charge is -2.18. The molecule has 0 aliphatic carbocycles. The second-order valence-electron chi connectivity index (χ2n) is 19.8. The monoisotopic (exact) mass is 1010 g/mol. The van der Waals surface area contributed by atoms with E-state index in [9.17, 15) is 14.4 Å². The van der Waals surface area contributed by atoms with E-state index in [1.807, 2.05) is 0 Å². The summed E-state index contributed by atoms with van der Waals surface area (Å²) in [4.78, 5) is 38.2. The van der Waals surface area contributed by atoms with Crippen molar-refractivity contribution in [1.82, 2.24) is 0 Å². The number of hydrogen-bond acceptors (Lipinski definition) is 6. The number of esters is 3. The standard InChI is InChI=1S/C67H112O6/c1-4-7-10-13-16-19-22-25-28-30-31-32-33-34-35-37-39-42-45-48-51-54-57-60-66(69)72-63-64(62-71-65(68)59-56-53-50-47-44-41-38-27-24-21-18-15-12-9-6-3)73-67(70)61-58-55-52-49-46-43-40-36-29-26-23-20-17-14-11-8-5-2/h8-9,11-12,17-18,20-22,25-27,29-31,38,44,47,64H,4-7,10,13-16,19,23-24,28,32-37,39-43,45-46,48-63H2,1-3H3/b11-8-,12-9-,20-17-,21-18-,25-22-,29-26-,31-30-,38-27-,47-44-. The fourth-order valence-corrected chi connectivity index (χ4v) is 8.24. The van der Waals surface area contributed by atoms with Crippen LogP contribution in [0.2, 0.25) is 0 Å². The van der Waals surface area contributed by atoms with E-state index in [1.165, 1.54) is 122 Å². The van der Waals surface area contributed by atoms with Gasteiger partial charge in [0.1, 0.15) is 13.2 Å². The maximum Gasteiger partial charge on any atom is 0.306 e. The van der Waals surface area contributed by atoms with E-state index in [-0.39, 0.29) is 31.1 Å². The zero-order valence-corrected chi connectivity index (χ0v) is 47.6. The Balaban J connectivity index is 4.40. The van der Waals surface area contributed by atoms with Gasteiger partial charge in [-0.05, 0) is 122 Å². The summed E-state index contributed by atoms with van der Waals surface area (Å²) in [5.74, 6) is -0.949. The second kappa shape index (κ2) is 60.6. The Morgan fingerprint density at radius 3 is 0.863 bits per heavy atom. The van der Waals surface area contributed by atoms with Crippen molar-refractivity contribution in [2.45, 2.75) is 284 Å². The van der Waals surface area contributed by atoms with Gasteiger partial charge in [0.05, 0.1) is 0 Å². The average molecular weight is 1010 g/mol. The highest BCUT2D eigenvalue weighted by Gasteiger charge is 2.19. The highest BCUT2D eigenvalue weighted by atomic mass is 16.6. The molecular formula is C67H112O6. The average Bonchev–Trinajstić information content (AvgIpc) is 3.39. The molecule has 6 heteroatoms. The minimum atomic E-state index is -0.804. The minimum Gasteiger partial charge on any atom is -0.462 e. The third kappa shape index (κ3) is 58.8. The van der Waals surface area contributed by atoms with E-state index in [2.05, 4.69) is 130 Å². The molecule has 73 heavy (non-hydrogen) atoms. The summed E-state index contributed by atoms with van der Waals surface area (Å²) < 4.78 is 16.9. The largest absolute Gasteiger partial charge is 0.462 e. The summed E-state index contributed by atoms with van der Waals surface area (Å²) in [5, 5.41) is 0. The van der Waals surface area contributed by atoms with Crippen molar-refractivity contribution in [1.29, 1.82) is 0 Å². The summed E-state index contributed by atoms with van der Waals surface area (Å²) in [6, 6.07) is 0. The molecule has 1 unspecified atom stereocenters. The normalized spacial score (nSPS) is 12.9. The van der Waals surface area contributed by atoms with Gasteiger partial charge < -0.3 is 14.2 Å². The number of allylic oxidation sites excluding steroid dienone is 18. The highest BCUT2D eigenvalue weighted by molar-refractivity contribution is 5.71. The number of carbonyl (C=O) groups excluding carboxylic acids is 3. The first-order chi connectivity index (χ1) is 36.0. The number of rotatable bonds is 54. The first-order valence-electron chi connectivity index (χ1n) is 30.4. The molecule has 0 fully saturated rings. The van der Waals surface area contributed by atoms with Crippen LogP contribution < -0.4 is 0 Å². The molecule has 0 aliphatic rings. The maximum atomic E-state index is 12.9. The summed E-state index contributed by atoms with van der Waals surface area (Å²) in [6.07, 6.45) is 82.3. The van der Waals surface area contributed by atoms with Crippen molar-refractivity contribution in [3.05, 3.63) is 109 Å². The number of unbranched alkanes of at least 4 members (excludes halogenated alkanes) is 25. The van der Waals surface area contributed by atoms with Crippen LogP contribution in [0.3, 0.4) is 0 Å². The second-order valence-corrected chi connectivity index (χ2v) is 19.8. The van der Waals surface area contributed by atoms with E-state index < -0.39 is 6.10 Å². The van der Waals surface area contributed by atoms with Gasteiger partial charge in [-0.25, -0.2) is 0 Å². The van der Waals surface area contributed by atoms with Crippen LogP contribution in [0.15, 0.2) is 109 Å². The van der Waals surface area contributed by atoms with Crippen molar-refractivity contribution in [3.63, 3.8) is 0 Å². The Morgan fingerprint density at radius 2 is 0.534 bits per heavy atom. The van der Waals surface area contributed by atoms with E-state index in [1.54, 1.807) is 0 Å². The minimum absolute atomic E-state index is 0.0973. The maximum absolute atomic E-state index is 12.9. The van der Waals surface area contributed by atoms with E-state index >= 15 is 0 Å². The third-order valence-electron chi connectivity index (χ3n) is 12.7. The van der Waals surface area contributed by atoms with Gasteiger partial charge in [0, 0.05) is 19.3 Å². The predicted molar refractivity (Wildman–Crippen MR) is 316 cm³/mol. The van der Waals surface area contributed by atoms with Gasteiger partial charge in [0.15, 0.2) is 6.10 Å². The Labute approximate surface area is 450 Å². The molecule has 0 bridgehead atoms. The first-order valence-corrected chi connectivity index (χ1v) is 30.4. The van der Waals surface area contributed by atoms with Crippen LogP contribution in [0, 0.1) is 0 Å². The molecule has 6 nitrogen and oxygen atoms in total. The van der Waals surface area contributed by atoms with Crippen LogP contribution in [-0.2, 0) is 28.6 Å². The lowest BCUT2D eigenvalue weighted by molar-refractivity contribution is -0.167. The molecule has 0 saturated carbocycles. The van der Waals surface area contributed by atoms with Crippen LogP contribution >= 0.6 is 0 Å². The fourth-order valence-electron chi connectivity index (χ4n) is 8.24. The molecule has 1 atom stereocenters. The van der Waals surface area contributed by atoms with Gasteiger partial charge in [0.2, 0.25) is 0 Å². The molecule has 0 radical (unpaired) electrons. The van der Waals surface area contributed by atoms with Crippen LogP contribution in [0.4, 0.5) is 0 Å². The number of ether oxygens (including phenoxy) is 3. The zero-order valence-electron chi connectivity index (χ0n) is 47.6. The molecule has 0 aromatic rings. The van der Waals surface area contributed by atoms with Gasteiger partial charge in [-0.3, -0.25) is 14.4 Å². The van der Waals surface area contributed by atoms with E-state index in [0.29, 0.717) is 19.3 Å². The first kappa shape index (κ1) is 69.1. The van der Waals surface area contributed by atoms with Crippen molar-refractivity contribution in [3.8, 4) is 0 Å². The predicted octanol–water partition coefficient (Wildman–Crippen LogP) is 20.7. The SMILES string of the molecule is CC/C=C\C/C=C\C/C=C\C/C=C\CCCCC(=O)OCC(COC(=O)CCCCCCCCCCCCC/C=C\C/C=C\CCCCCCC)OC(=O)CCCCCCCCC/C=C\C/C=C\C/C=C\CC. The van der Waals surface area contributed by atoms with Crippen LogP contribution in [0.25, 0.3) is 0 Å². The Morgan fingerprint density at radius 1 is 0.288 bits per heavy atom. The summed E-state index contributed by atoms with van der Waals surface area (Å²) >= 11 is 0. The molecule has 0 spiro atoms. The van der Waals surface area contributed by atoms with Crippen molar-refractivity contribution < 1.29 is 28.6 Å². The van der Waals surface area contributed by atoms with Crippen LogP contribution in [0.1, 0.15) is 278 Å². The summed E-state index contributed by atoms with van der Waals surface area (Å²) in [5.41, 5.74) is 0. The Bertz CT molecular complexity index is 1490. The van der Waals surface area contributed by atoms with Crippen molar-refractivity contribution in [2.75, 3.05) is 13.2 Å². The van der Waals surface area contributed by atoms with Crippen molar-refractivity contribution in [2.24, 2.45) is 0 Å². The van der Waals surface area contributed by atoms with Gasteiger partial charge in [-0.1, -0.05) is 246 Å². The van der Waals surface area contributed by atoms with E-state index in [4.69, 9.17) is 14.2 Å². The molecule has 0 N–H and O–H groups in total. The molecule has 0 aromatic carbocycles. The van der Waals surface area contributed by atoms with Gasteiger partial charge >= 0.3 is 17.9 Å². The van der Waals surface area contributed by atoms with Crippen molar-refractivity contribution >= 4 is 17.9 Å². The highest BCUT2D eigenvalue weighted by Crippen LogP contribution is 2.15. The lowest BCUT2D eigenvalue weighted by atomic mass is 10.0. The summed E-state index contributed by atoms with van der Waals surface area (Å²) in [6.45, 7) is 6.37. The van der Waals surface area contributed by atoms with E-state index in [0.717, 1.165) is 116 Å². The zero-order chi connectivity index (χ0) is 52.9. The van der Waals surface area contributed by atoms with Gasteiger partial charge in [-0.15, -0.1) is 0 Å². The number of hydrogen-bond donors (Lipinski definition) is 0. The smallest absolute Gasteiger partial charge is 0.306 e. The quantitative estimate of drug-likeness (QED) is 0.0261. The molecule has 0 aromatic heterocycles. The molecule has 0 aliphatic heterocycles. The fraction of sp³-hybridized carbons (Fsp3) is 0.687. The number of carbonyl (C=O) groups is 3. The van der Waals surface area contributed by atoms with Gasteiger partial charge in [-0.2, -0.15) is 0 Å².